The molecule has 1 aliphatic rings. The smallest absolute Gasteiger partial charge is 0.338 e. The molecule has 5 nitrogen and oxygen atoms in total. The number of para-hydroxylation sites is 2. The number of halogens is 2. The Morgan fingerprint density at radius 1 is 1.30 bits per heavy atom. The fraction of sp³-hybridized carbons (Fsp3) is 0.200. The minimum Gasteiger partial charge on any atom is -0.463 e. The maximum atomic E-state index is 14.3. The van der Waals surface area contributed by atoms with E-state index in [0.717, 1.165) is 11.0 Å². The third kappa shape index (κ3) is 2.82. The molecule has 0 fully saturated rings. The molecule has 4 rings (SSSR count). The normalized spacial score (nSPS) is 16.2. The highest BCUT2D eigenvalue weighted by Crippen LogP contribution is 2.42. The Balaban J connectivity index is 2.03. The lowest BCUT2D eigenvalue weighted by atomic mass is 9.95. The first kappa shape index (κ1) is 17.7. The van der Waals surface area contributed by atoms with Crippen molar-refractivity contribution in [2.24, 2.45) is 0 Å². The maximum absolute atomic E-state index is 14.3. The zero-order valence-corrected chi connectivity index (χ0v) is 16.4. The molecule has 0 bridgehead atoms. The van der Waals surface area contributed by atoms with Gasteiger partial charge in [0.2, 0.25) is 5.95 Å². The van der Waals surface area contributed by atoms with Gasteiger partial charge in [0.25, 0.3) is 0 Å². The summed E-state index contributed by atoms with van der Waals surface area (Å²) in [6, 6.07) is 11.9. The van der Waals surface area contributed by atoms with Crippen LogP contribution < -0.4 is 5.32 Å². The average Bonchev–Trinajstić information content (AvgIpc) is 3.01. The van der Waals surface area contributed by atoms with Crippen molar-refractivity contribution in [3.63, 3.8) is 0 Å². The van der Waals surface area contributed by atoms with Gasteiger partial charge in [0.1, 0.15) is 5.82 Å². The van der Waals surface area contributed by atoms with E-state index < -0.39 is 17.8 Å². The number of esters is 1. The van der Waals surface area contributed by atoms with E-state index in [2.05, 4.69) is 26.2 Å². The number of carbonyl (C=O) groups excluding carboxylic acids is 1. The average molecular weight is 430 g/mol. The summed E-state index contributed by atoms with van der Waals surface area (Å²) in [6.45, 7) is 3.81. The molecular formula is C20H17BrFN3O2. The van der Waals surface area contributed by atoms with Crippen LogP contribution in [-0.2, 0) is 9.53 Å². The highest BCUT2D eigenvalue weighted by atomic mass is 79.9. The molecule has 0 saturated heterocycles. The number of allylic oxidation sites excluding steroid dienone is 1. The van der Waals surface area contributed by atoms with E-state index in [-0.39, 0.29) is 6.61 Å². The molecule has 0 aliphatic carbocycles. The SMILES string of the molecule is CCOC(=O)C1=C(C)Nc2nc3ccccc3n2[C@H]1c1cccc(F)c1Br. The summed E-state index contributed by atoms with van der Waals surface area (Å²) in [5.74, 6) is -0.229. The van der Waals surface area contributed by atoms with Crippen LogP contribution in [0.1, 0.15) is 25.5 Å². The van der Waals surface area contributed by atoms with Gasteiger partial charge in [-0.25, -0.2) is 14.2 Å². The second-order valence-electron chi connectivity index (χ2n) is 6.22. The summed E-state index contributed by atoms with van der Waals surface area (Å²) < 4.78 is 21.8. The van der Waals surface area contributed by atoms with Gasteiger partial charge >= 0.3 is 5.97 Å². The Morgan fingerprint density at radius 2 is 2.07 bits per heavy atom. The Kier molecular flexibility index (Phi) is 4.47. The Labute approximate surface area is 164 Å². The number of benzene rings is 2. The summed E-state index contributed by atoms with van der Waals surface area (Å²) in [7, 11) is 0. The van der Waals surface area contributed by atoms with Crippen molar-refractivity contribution in [2.45, 2.75) is 19.9 Å². The van der Waals surface area contributed by atoms with E-state index in [1.807, 2.05) is 28.8 Å². The van der Waals surface area contributed by atoms with E-state index in [1.54, 1.807) is 26.0 Å². The number of rotatable bonds is 3. The van der Waals surface area contributed by atoms with Crippen LogP contribution in [0, 0.1) is 5.82 Å². The number of imidazole rings is 1. The fourth-order valence-electron chi connectivity index (χ4n) is 3.46. The van der Waals surface area contributed by atoms with Gasteiger partial charge in [0, 0.05) is 5.70 Å². The van der Waals surface area contributed by atoms with Crippen molar-refractivity contribution in [3.05, 3.63) is 69.6 Å². The van der Waals surface area contributed by atoms with E-state index in [4.69, 9.17) is 4.74 Å². The molecule has 0 radical (unpaired) electrons. The minimum absolute atomic E-state index is 0.254. The highest BCUT2D eigenvalue weighted by Gasteiger charge is 2.36. The summed E-state index contributed by atoms with van der Waals surface area (Å²) in [5, 5.41) is 3.19. The Bertz CT molecular complexity index is 1090. The van der Waals surface area contributed by atoms with Gasteiger partial charge in [-0.15, -0.1) is 0 Å². The molecule has 0 amide bonds. The lowest BCUT2D eigenvalue weighted by Gasteiger charge is -2.30. The van der Waals surface area contributed by atoms with Crippen molar-refractivity contribution in [3.8, 4) is 0 Å². The van der Waals surface area contributed by atoms with Crippen molar-refractivity contribution in [1.29, 1.82) is 0 Å². The van der Waals surface area contributed by atoms with Gasteiger partial charge in [-0.1, -0.05) is 24.3 Å². The number of carbonyl (C=O) groups is 1. The van der Waals surface area contributed by atoms with Gasteiger partial charge in [-0.3, -0.25) is 4.57 Å². The van der Waals surface area contributed by atoms with E-state index >= 15 is 0 Å². The number of anilines is 1. The topological polar surface area (TPSA) is 56.1 Å². The molecule has 0 spiro atoms. The summed E-state index contributed by atoms with van der Waals surface area (Å²) in [6.07, 6.45) is 0. The molecule has 2 aromatic carbocycles. The molecule has 1 aliphatic heterocycles. The first-order valence-electron chi connectivity index (χ1n) is 8.58. The number of fused-ring (bicyclic) bond motifs is 3. The van der Waals surface area contributed by atoms with E-state index in [0.29, 0.717) is 27.3 Å². The van der Waals surface area contributed by atoms with E-state index in [9.17, 15) is 9.18 Å². The predicted molar refractivity (Wildman–Crippen MR) is 105 cm³/mol. The highest BCUT2D eigenvalue weighted by molar-refractivity contribution is 9.10. The van der Waals surface area contributed by atoms with Crippen molar-refractivity contribution < 1.29 is 13.9 Å². The van der Waals surface area contributed by atoms with Gasteiger partial charge in [-0.05, 0) is 53.5 Å². The van der Waals surface area contributed by atoms with Crippen LogP contribution in [-0.4, -0.2) is 22.1 Å². The lowest BCUT2D eigenvalue weighted by Crippen LogP contribution is -2.29. The second-order valence-corrected chi connectivity index (χ2v) is 7.02. The maximum Gasteiger partial charge on any atom is 0.338 e. The summed E-state index contributed by atoms with van der Waals surface area (Å²) in [4.78, 5) is 17.4. The molecular weight excluding hydrogens is 413 g/mol. The molecule has 1 atom stereocenters. The fourth-order valence-corrected chi connectivity index (χ4v) is 3.94. The number of hydrogen-bond acceptors (Lipinski definition) is 4. The molecule has 7 heteroatoms. The number of hydrogen-bond donors (Lipinski definition) is 1. The summed E-state index contributed by atoms with van der Waals surface area (Å²) in [5.41, 5.74) is 3.32. The number of ether oxygens (including phenoxy) is 1. The lowest BCUT2D eigenvalue weighted by molar-refractivity contribution is -0.139. The van der Waals surface area contributed by atoms with Crippen molar-refractivity contribution >= 4 is 38.9 Å². The first-order chi connectivity index (χ1) is 13.0. The molecule has 2 heterocycles. The van der Waals surface area contributed by atoms with Crippen LogP contribution in [0.15, 0.2) is 58.2 Å². The van der Waals surface area contributed by atoms with Crippen LogP contribution in [0.3, 0.4) is 0 Å². The molecule has 27 heavy (non-hydrogen) atoms. The third-order valence-electron chi connectivity index (χ3n) is 4.60. The first-order valence-corrected chi connectivity index (χ1v) is 9.38. The van der Waals surface area contributed by atoms with Crippen LogP contribution >= 0.6 is 15.9 Å². The molecule has 0 unspecified atom stereocenters. The molecule has 138 valence electrons. The largest absolute Gasteiger partial charge is 0.463 e. The summed E-state index contributed by atoms with van der Waals surface area (Å²) >= 11 is 3.35. The molecule has 0 saturated carbocycles. The van der Waals surface area contributed by atoms with Gasteiger partial charge in [-0.2, -0.15) is 0 Å². The van der Waals surface area contributed by atoms with Gasteiger partial charge in [0.15, 0.2) is 0 Å². The number of nitrogens with zero attached hydrogens (tertiary/aromatic N) is 2. The predicted octanol–water partition coefficient (Wildman–Crippen LogP) is 4.79. The standard InChI is InChI=1S/C20H17BrFN3O2/c1-3-27-19(26)16-11(2)23-20-24-14-9-4-5-10-15(14)25(20)18(16)12-7-6-8-13(22)17(12)21/h4-10,18H,3H2,1-2H3,(H,23,24)/t18-/m0/s1. The van der Waals surface area contributed by atoms with Crippen molar-refractivity contribution in [1.82, 2.24) is 9.55 Å². The quantitative estimate of drug-likeness (QED) is 0.608. The molecule has 1 N–H and O–H groups in total. The minimum atomic E-state index is -0.572. The van der Waals surface area contributed by atoms with Crippen LogP contribution in [0.4, 0.5) is 10.3 Å². The molecule has 1 aromatic heterocycles. The van der Waals surface area contributed by atoms with Gasteiger partial charge < -0.3 is 10.1 Å². The monoisotopic (exact) mass is 429 g/mol. The van der Waals surface area contributed by atoms with Crippen LogP contribution in [0.5, 0.6) is 0 Å². The zero-order chi connectivity index (χ0) is 19.1. The number of aromatic nitrogens is 2. The zero-order valence-electron chi connectivity index (χ0n) is 14.8. The van der Waals surface area contributed by atoms with Crippen LogP contribution in [0.2, 0.25) is 0 Å². The number of nitrogens with one attached hydrogen (secondary N) is 1. The second kappa shape index (κ2) is 6.81. The van der Waals surface area contributed by atoms with Gasteiger partial charge in [0.05, 0.1) is 33.7 Å². The Hall–Kier alpha value is -2.67. The van der Waals surface area contributed by atoms with E-state index in [1.165, 1.54) is 6.07 Å². The van der Waals surface area contributed by atoms with Crippen LogP contribution in [0.25, 0.3) is 11.0 Å². The molecule has 3 aromatic rings. The van der Waals surface area contributed by atoms with Crippen molar-refractivity contribution in [2.75, 3.05) is 11.9 Å². The third-order valence-corrected chi connectivity index (χ3v) is 5.44. The Morgan fingerprint density at radius 3 is 2.85 bits per heavy atom.